The molecule has 2 atom stereocenters. The molecule has 4 heteroatoms. The maximum Gasteiger partial charge on any atom is 0.253 e. The first-order valence-electron chi connectivity index (χ1n) is 8.51. The number of nitrogens with one attached hydrogen (secondary N) is 2. The van der Waals surface area contributed by atoms with Crippen molar-refractivity contribution >= 4 is 17.5 Å². The summed E-state index contributed by atoms with van der Waals surface area (Å²) < 4.78 is 0. The minimum atomic E-state index is -0.120. The minimum absolute atomic E-state index is 0.0596. The zero-order valence-electron chi connectivity index (χ0n) is 13.9. The molecule has 1 fully saturated rings. The number of hydrogen-bond acceptors (Lipinski definition) is 2. The highest BCUT2D eigenvalue weighted by molar-refractivity contribution is 6.34. The molecule has 0 aromatic heterocycles. The molecule has 0 saturated carbocycles. The van der Waals surface area contributed by atoms with Crippen LogP contribution in [0.1, 0.15) is 46.8 Å². The van der Waals surface area contributed by atoms with Crippen LogP contribution in [0.3, 0.4) is 0 Å². The third-order valence-corrected chi connectivity index (χ3v) is 5.13. The fourth-order valence-corrected chi connectivity index (χ4v) is 3.49. The molecule has 2 N–H and O–H groups in total. The van der Waals surface area contributed by atoms with Crippen LogP contribution >= 0.6 is 11.6 Å². The van der Waals surface area contributed by atoms with Crippen LogP contribution in [0.5, 0.6) is 0 Å². The number of carbonyl (C=O) groups is 1. The standard InChI is InChI=1S/C20H23ClN2O/c1-14-8-7-11-16(18(14)21)20(24)23-19(15-9-3-2-4-10-15)17-12-5-6-13-22-17/h2-4,7-11,17,19,22H,5-6,12-13H2,1H3,(H,23,24)/t17-,19-/m0/s1. The van der Waals surface area contributed by atoms with E-state index in [2.05, 4.69) is 22.8 Å². The predicted molar refractivity (Wildman–Crippen MR) is 98.5 cm³/mol. The van der Waals surface area contributed by atoms with E-state index in [1.165, 1.54) is 12.8 Å². The third-order valence-electron chi connectivity index (χ3n) is 4.63. The molecule has 0 radical (unpaired) electrons. The van der Waals surface area contributed by atoms with E-state index in [0.29, 0.717) is 10.6 Å². The number of hydrogen-bond donors (Lipinski definition) is 2. The average molecular weight is 343 g/mol. The Labute approximate surface area is 148 Å². The summed E-state index contributed by atoms with van der Waals surface area (Å²) in [7, 11) is 0. The Bertz CT molecular complexity index is 696. The number of rotatable bonds is 4. The van der Waals surface area contributed by atoms with Crippen molar-refractivity contribution in [2.75, 3.05) is 6.54 Å². The van der Waals surface area contributed by atoms with Crippen molar-refractivity contribution in [3.63, 3.8) is 0 Å². The molecule has 1 amide bonds. The average Bonchev–Trinajstić information content (AvgIpc) is 2.63. The van der Waals surface area contributed by atoms with Crippen LogP contribution in [0.15, 0.2) is 48.5 Å². The summed E-state index contributed by atoms with van der Waals surface area (Å²) in [5.41, 5.74) is 2.57. The molecule has 0 bridgehead atoms. The smallest absolute Gasteiger partial charge is 0.253 e. The Balaban J connectivity index is 1.86. The fourth-order valence-electron chi connectivity index (χ4n) is 3.28. The highest BCUT2D eigenvalue weighted by atomic mass is 35.5. The van der Waals surface area contributed by atoms with E-state index in [1.807, 2.05) is 37.3 Å². The molecule has 2 aromatic rings. The first-order valence-corrected chi connectivity index (χ1v) is 8.89. The van der Waals surface area contributed by atoms with Gasteiger partial charge in [0.1, 0.15) is 0 Å². The van der Waals surface area contributed by atoms with Crippen LogP contribution in [0.4, 0.5) is 0 Å². The van der Waals surface area contributed by atoms with Gasteiger partial charge in [0.2, 0.25) is 0 Å². The second kappa shape index (κ2) is 7.82. The van der Waals surface area contributed by atoms with Crippen LogP contribution < -0.4 is 10.6 Å². The monoisotopic (exact) mass is 342 g/mol. The number of halogens is 1. The van der Waals surface area contributed by atoms with E-state index in [9.17, 15) is 4.79 Å². The zero-order valence-corrected chi connectivity index (χ0v) is 14.6. The van der Waals surface area contributed by atoms with Crippen molar-refractivity contribution in [3.8, 4) is 0 Å². The van der Waals surface area contributed by atoms with Crippen molar-refractivity contribution in [3.05, 3.63) is 70.2 Å². The molecule has 3 rings (SSSR count). The maximum absolute atomic E-state index is 12.8. The number of piperidine rings is 1. The van der Waals surface area contributed by atoms with Crippen LogP contribution in [0.25, 0.3) is 0 Å². The van der Waals surface area contributed by atoms with Gasteiger partial charge in [-0.25, -0.2) is 0 Å². The molecule has 1 heterocycles. The van der Waals surface area contributed by atoms with Gasteiger partial charge in [0, 0.05) is 6.04 Å². The predicted octanol–water partition coefficient (Wildman–Crippen LogP) is 4.26. The lowest BCUT2D eigenvalue weighted by atomic mass is 9.92. The van der Waals surface area contributed by atoms with Crippen molar-refractivity contribution < 1.29 is 4.79 Å². The largest absolute Gasteiger partial charge is 0.344 e. The van der Waals surface area contributed by atoms with Crippen molar-refractivity contribution in [2.45, 2.75) is 38.3 Å². The number of carbonyl (C=O) groups excluding carboxylic acids is 1. The summed E-state index contributed by atoms with van der Waals surface area (Å²) in [5.74, 6) is -0.120. The van der Waals surface area contributed by atoms with E-state index in [-0.39, 0.29) is 18.0 Å². The lowest BCUT2D eigenvalue weighted by Crippen LogP contribution is -2.46. The van der Waals surface area contributed by atoms with Crippen LogP contribution in [-0.2, 0) is 0 Å². The second-order valence-corrected chi connectivity index (χ2v) is 6.73. The van der Waals surface area contributed by atoms with Crippen LogP contribution in [0.2, 0.25) is 5.02 Å². The second-order valence-electron chi connectivity index (χ2n) is 6.35. The SMILES string of the molecule is Cc1cccc(C(=O)N[C@@H](c2ccccc2)[C@@H]2CCCCN2)c1Cl. The number of aryl methyl sites for hydroxylation is 1. The molecule has 2 aromatic carbocycles. The molecular formula is C20H23ClN2O. The Morgan fingerprint density at radius 1 is 1.17 bits per heavy atom. The lowest BCUT2D eigenvalue weighted by Gasteiger charge is -2.32. The van der Waals surface area contributed by atoms with Gasteiger partial charge in [-0.1, -0.05) is 60.5 Å². The van der Waals surface area contributed by atoms with Gasteiger partial charge >= 0.3 is 0 Å². The normalized spacial score (nSPS) is 18.8. The summed E-state index contributed by atoms with van der Waals surface area (Å²) in [4.78, 5) is 12.8. The molecule has 0 unspecified atom stereocenters. The third kappa shape index (κ3) is 3.80. The van der Waals surface area contributed by atoms with Crippen molar-refractivity contribution in [1.29, 1.82) is 0 Å². The Hall–Kier alpha value is -1.84. The molecule has 0 spiro atoms. The Morgan fingerprint density at radius 3 is 2.67 bits per heavy atom. The zero-order chi connectivity index (χ0) is 16.9. The summed E-state index contributed by atoms with van der Waals surface area (Å²) in [5, 5.41) is 7.28. The molecule has 126 valence electrons. The molecule has 24 heavy (non-hydrogen) atoms. The minimum Gasteiger partial charge on any atom is -0.344 e. The van der Waals surface area contributed by atoms with E-state index in [0.717, 1.165) is 24.1 Å². The van der Waals surface area contributed by atoms with Gasteiger partial charge in [0.05, 0.1) is 16.6 Å². The summed E-state index contributed by atoms with van der Waals surface area (Å²) >= 11 is 6.33. The number of amides is 1. The highest BCUT2D eigenvalue weighted by Gasteiger charge is 2.27. The summed E-state index contributed by atoms with van der Waals surface area (Å²) in [6.45, 7) is 2.91. The van der Waals surface area contributed by atoms with Gasteiger partial charge in [-0.2, -0.15) is 0 Å². The van der Waals surface area contributed by atoms with Gasteiger partial charge in [-0.05, 0) is 43.5 Å². The van der Waals surface area contributed by atoms with Gasteiger partial charge in [0.25, 0.3) is 5.91 Å². The van der Waals surface area contributed by atoms with Gasteiger partial charge in [-0.15, -0.1) is 0 Å². The summed E-state index contributed by atoms with van der Waals surface area (Å²) in [6, 6.07) is 15.9. The van der Waals surface area contributed by atoms with Crippen LogP contribution in [0, 0.1) is 6.92 Å². The van der Waals surface area contributed by atoms with E-state index < -0.39 is 0 Å². The molecular weight excluding hydrogens is 320 g/mol. The first-order chi connectivity index (χ1) is 11.7. The van der Waals surface area contributed by atoms with Crippen LogP contribution in [-0.4, -0.2) is 18.5 Å². The fraction of sp³-hybridized carbons (Fsp3) is 0.350. The van der Waals surface area contributed by atoms with Gasteiger partial charge in [-0.3, -0.25) is 4.79 Å². The Morgan fingerprint density at radius 2 is 1.96 bits per heavy atom. The van der Waals surface area contributed by atoms with E-state index >= 15 is 0 Å². The van der Waals surface area contributed by atoms with Gasteiger partial charge < -0.3 is 10.6 Å². The van der Waals surface area contributed by atoms with Crippen molar-refractivity contribution in [2.24, 2.45) is 0 Å². The van der Waals surface area contributed by atoms with E-state index in [1.54, 1.807) is 6.07 Å². The van der Waals surface area contributed by atoms with Crippen molar-refractivity contribution in [1.82, 2.24) is 10.6 Å². The maximum atomic E-state index is 12.8. The quantitative estimate of drug-likeness (QED) is 0.871. The molecule has 1 aliphatic heterocycles. The lowest BCUT2D eigenvalue weighted by molar-refractivity contribution is 0.0923. The molecule has 0 aliphatic carbocycles. The topological polar surface area (TPSA) is 41.1 Å². The number of benzene rings is 2. The van der Waals surface area contributed by atoms with E-state index in [4.69, 9.17) is 11.6 Å². The molecule has 3 nitrogen and oxygen atoms in total. The Kier molecular flexibility index (Phi) is 5.54. The summed E-state index contributed by atoms with van der Waals surface area (Å²) in [6.07, 6.45) is 3.43. The van der Waals surface area contributed by atoms with Gasteiger partial charge in [0.15, 0.2) is 0 Å². The highest BCUT2D eigenvalue weighted by Crippen LogP contribution is 2.25. The molecule has 1 saturated heterocycles. The molecule has 1 aliphatic rings. The first kappa shape index (κ1) is 17.0.